The van der Waals surface area contributed by atoms with E-state index in [4.69, 9.17) is 27.9 Å². The van der Waals surface area contributed by atoms with E-state index in [9.17, 15) is 9.59 Å². The van der Waals surface area contributed by atoms with Crippen molar-refractivity contribution in [3.8, 4) is 0 Å². The first kappa shape index (κ1) is 15.0. The minimum atomic E-state index is -0.735. The second-order valence-corrected chi connectivity index (χ2v) is 5.85. The van der Waals surface area contributed by atoms with Gasteiger partial charge in [0, 0.05) is 17.6 Å². The van der Waals surface area contributed by atoms with Crippen molar-refractivity contribution >= 4 is 45.5 Å². The molecule has 3 rings (SSSR count). The number of carbonyl (C=O) groups excluding carboxylic acids is 1. The SMILES string of the molecule is O=C(OCc1cc(=O)n2ccsc2n1)c1nc(Cl)ccc1Cl. The molecule has 0 N–H and O–H groups in total. The Bertz CT molecular complexity index is 922. The number of nitrogens with zero attached hydrogens (tertiary/aromatic N) is 3. The molecule has 0 bridgehead atoms. The molecule has 0 unspecified atom stereocenters. The number of aromatic nitrogens is 3. The highest BCUT2D eigenvalue weighted by atomic mass is 35.5. The van der Waals surface area contributed by atoms with Gasteiger partial charge in [0.15, 0.2) is 10.7 Å². The fraction of sp³-hybridized carbons (Fsp3) is 0.0769. The fourth-order valence-electron chi connectivity index (χ4n) is 1.73. The Labute approximate surface area is 137 Å². The van der Waals surface area contributed by atoms with Gasteiger partial charge in [0.05, 0.1) is 10.7 Å². The minimum absolute atomic E-state index is 0.0805. The van der Waals surface area contributed by atoms with E-state index in [-0.39, 0.29) is 28.0 Å². The highest BCUT2D eigenvalue weighted by Gasteiger charge is 2.15. The van der Waals surface area contributed by atoms with E-state index in [0.717, 1.165) is 0 Å². The molecule has 112 valence electrons. The molecule has 3 aromatic rings. The zero-order chi connectivity index (χ0) is 15.7. The summed E-state index contributed by atoms with van der Waals surface area (Å²) in [4.78, 5) is 32.3. The third kappa shape index (κ3) is 2.96. The number of esters is 1. The van der Waals surface area contributed by atoms with Crippen molar-refractivity contribution in [2.75, 3.05) is 0 Å². The predicted molar refractivity (Wildman–Crippen MR) is 82.7 cm³/mol. The van der Waals surface area contributed by atoms with Crippen molar-refractivity contribution < 1.29 is 9.53 Å². The van der Waals surface area contributed by atoms with Crippen LogP contribution in [0.15, 0.2) is 34.6 Å². The lowest BCUT2D eigenvalue weighted by molar-refractivity contribution is 0.0461. The summed E-state index contributed by atoms with van der Waals surface area (Å²) in [7, 11) is 0. The summed E-state index contributed by atoms with van der Waals surface area (Å²) in [5.41, 5.74) is 0.0262. The molecule has 3 aromatic heterocycles. The third-order valence-electron chi connectivity index (χ3n) is 2.71. The molecule has 6 nitrogen and oxygen atoms in total. The van der Waals surface area contributed by atoms with Crippen LogP contribution in [-0.4, -0.2) is 20.3 Å². The Balaban J connectivity index is 1.80. The summed E-state index contributed by atoms with van der Waals surface area (Å²) >= 11 is 12.9. The van der Waals surface area contributed by atoms with Crippen LogP contribution >= 0.6 is 34.5 Å². The molecule has 0 saturated carbocycles. The highest BCUT2D eigenvalue weighted by molar-refractivity contribution is 7.15. The van der Waals surface area contributed by atoms with Crippen LogP contribution in [-0.2, 0) is 11.3 Å². The number of fused-ring (bicyclic) bond motifs is 1. The number of rotatable bonds is 3. The van der Waals surface area contributed by atoms with E-state index in [0.29, 0.717) is 10.7 Å². The quantitative estimate of drug-likeness (QED) is 0.533. The maximum absolute atomic E-state index is 12.0. The van der Waals surface area contributed by atoms with Crippen LogP contribution in [0.2, 0.25) is 10.2 Å². The van der Waals surface area contributed by atoms with Gasteiger partial charge in [-0.25, -0.2) is 14.8 Å². The summed E-state index contributed by atoms with van der Waals surface area (Å²) < 4.78 is 6.49. The number of hydrogen-bond donors (Lipinski definition) is 0. The van der Waals surface area contributed by atoms with Gasteiger partial charge in [0.25, 0.3) is 5.56 Å². The average molecular weight is 356 g/mol. The number of carbonyl (C=O) groups is 1. The standard InChI is InChI=1S/C13H7Cl2N3O3S/c14-8-1-2-9(15)17-11(8)12(20)21-6-7-5-10(19)18-3-4-22-13(18)16-7/h1-5H,6H2. The molecule has 0 aliphatic heterocycles. The van der Waals surface area contributed by atoms with Crippen LogP contribution in [0, 0.1) is 0 Å². The Morgan fingerprint density at radius 3 is 2.95 bits per heavy atom. The van der Waals surface area contributed by atoms with Crippen LogP contribution in [0.5, 0.6) is 0 Å². The van der Waals surface area contributed by atoms with Gasteiger partial charge in [0.1, 0.15) is 11.8 Å². The lowest BCUT2D eigenvalue weighted by Gasteiger charge is -2.05. The van der Waals surface area contributed by atoms with Gasteiger partial charge < -0.3 is 4.74 Å². The van der Waals surface area contributed by atoms with Crippen molar-refractivity contribution in [2.45, 2.75) is 6.61 Å². The van der Waals surface area contributed by atoms with Crippen molar-refractivity contribution in [3.05, 3.63) is 61.7 Å². The first-order chi connectivity index (χ1) is 10.5. The first-order valence-electron chi connectivity index (χ1n) is 5.99. The van der Waals surface area contributed by atoms with E-state index in [1.54, 1.807) is 11.6 Å². The molecule has 22 heavy (non-hydrogen) atoms. The molecule has 9 heteroatoms. The summed E-state index contributed by atoms with van der Waals surface area (Å²) in [6.45, 7) is -0.160. The minimum Gasteiger partial charge on any atom is -0.454 e. The van der Waals surface area contributed by atoms with Crippen molar-refractivity contribution in [1.29, 1.82) is 0 Å². The third-order valence-corrected chi connectivity index (χ3v) is 3.98. The largest absolute Gasteiger partial charge is 0.454 e. The smallest absolute Gasteiger partial charge is 0.358 e. The zero-order valence-corrected chi connectivity index (χ0v) is 13.2. The highest BCUT2D eigenvalue weighted by Crippen LogP contribution is 2.18. The average Bonchev–Trinajstić information content (AvgIpc) is 2.96. The van der Waals surface area contributed by atoms with Gasteiger partial charge in [-0.15, -0.1) is 11.3 Å². The normalized spacial score (nSPS) is 10.8. The molecule has 0 aliphatic carbocycles. The van der Waals surface area contributed by atoms with Crippen LogP contribution in [0.4, 0.5) is 0 Å². The van der Waals surface area contributed by atoms with Gasteiger partial charge >= 0.3 is 5.97 Å². The van der Waals surface area contributed by atoms with E-state index in [1.165, 1.54) is 33.9 Å². The second kappa shape index (κ2) is 6.04. The predicted octanol–water partition coefficient (Wildman–Crippen LogP) is 2.81. The molecule has 0 amide bonds. The van der Waals surface area contributed by atoms with E-state index < -0.39 is 5.97 Å². The first-order valence-corrected chi connectivity index (χ1v) is 7.63. The maximum atomic E-state index is 12.0. The molecule has 0 aromatic carbocycles. The summed E-state index contributed by atoms with van der Waals surface area (Å²) in [6.07, 6.45) is 1.63. The summed E-state index contributed by atoms with van der Waals surface area (Å²) in [5.74, 6) is -0.735. The number of ether oxygens (including phenoxy) is 1. The van der Waals surface area contributed by atoms with Crippen molar-refractivity contribution in [2.24, 2.45) is 0 Å². The number of thiazole rings is 1. The molecule has 0 atom stereocenters. The molecule has 0 spiro atoms. The fourth-order valence-corrected chi connectivity index (χ4v) is 2.80. The van der Waals surface area contributed by atoms with Crippen LogP contribution in [0.25, 0.3) is 4.96 Å². The topological polar surface area (TPSA) is 73.6 Å². The van der Waals surface area contributed by atoms with E-state index in [2.05, 4.69) is 9.97 Å². The molecule has 0 aliphatic rings. The van der Waals surface area contributed by atoms with Gasteiger partial charge in [-0.05, 0) is 12.1 Å². The van der Waals surface area contributed by atoms with Gasteiger partial charge in [-0.1, -0.05) is 23.2 Å². The molecule has 0 radical (unpaired) electrons. The van der Waals surface area contributed by atoms with Gasteiger partial charge in [0.2, 0.25) is 0 Å². The summed E-state index contributed by atoms with van der Waals surface area (Å²) in [5, 5.41) is 2.01. The molecule has 0 saturated heterocycles. The Morgan fingerprint density at radius 2 is 2.14 bits per heavy atom. The van der Waals surface area contributed by atoms with Crippen LogP contribution in [0.1, 0.15) is 16.2 Å². The lowest BCUT2D eigenvalue weighted by Crippen LogP contribution is -2.15. The molecule has 3 heterocycles. The lowest BCUT2D eigenvalue weighted by atomic mass is 10.3. The molecular formula is C13H7Cl2N3O3S. The van der Waals surface area contributed by atoms with Crippen molar-refractivity contribution in [1.82, 2.24) is 14.4 Å². The molecule has 0 fully saturated rings. The maximum Gasteiger partial charge on any atom is 0.358 e. The van der Waals surface area contributed by atoms with Crippen LogP contribution in [0.3, 0.4) is 0 Å². The van der Waals surface area contributed by atoms with Crippen molar-refractivity contribution in [3.63, 3.8) is 0 Å². The summed E-state index contributed by atoms with van der Waals surface area (Å²) in [6, 6.07) is 4.23. The monoisotopic (exact) mass is 355 g/mol. The van der Waals surface area contributed by atoms with E-state index >= 15 is 0 Å². The Kier molecular flexibility index (Phi) is 4.10. The van der Waals surface area contributed by atoms with Crippen LogP contribution < -0.4 is 5.56 Å². The van der Waals surface area contributed by atoms with E-state index in [1.807, 2.05) is 0 Å². The van der Waals surface area contributed by atoms with Gasteiger partial charge in [-0.3, -0.25) is 9.20 Å². The van der Waals surface area contributed by atoms with Gasteiger partial charge in [-0.2, -0.15) is 0 Å². The number of hydrogen-bond acceptors (Lipinski definition) is 6. The Morgan fingerprint density at radius 1 is 1.32 bits per heavy atom. The zero-order valence-electron chi connectivity index (χ0n) is 10.8. The number of pyridine rings is 1. The number of halogens is 2. The Hall–Kier alpha value is -1.96. The second-order valence-electron chi connectivity index (χ2n) is 4.18. The molecular weight excluding hydrogens is 349 g/mol.